The standard InChI is InChI=1S/C8H12N6/c1-8(2,3)7-10-4-5-6(11-7)14(9)13-12-5/h4H,9H2,1-3H3. The minimum absolute atomic E-state index is 0.0988. The fourth-order valence-electron chi connectivity index (χ4n) is 1.11. The second-order valence-electron chi connectivity index (χ2n) is 4.19. The van der Waals surface area contributed by atoms with Gasteiger partial charge in [0.15, 0.2) is 5.52 Å². The second-order valence-corrected chi connectivity index (χ2v) is 4.19. The molecule has 2 aromatic heterocycles. The fraction of sp³-hybridized carbons (Fsp3) is 0.500. The van der Waals surface area contributed by atoms with E-state index in [1.165, 1.54) is 0 Å². The highest BCUT2D eigenvalue weighted by Gasteiger charge is 2.18. The number of nitrogen functional groups attached to an aromatic ring is 1. The molecule has 0 aliphatic heterocycles. The van der Waals surface area contributed by atoms with Crippen molar-refractivity contribution in [2.24, 2.45) is 0 Å². The molecule has 0 spiro atoms. The summed E-state index contributed by atoms with van der Waals surface area (Å²) >= 11 is 0. The minimum Gasteiger partial charge on any atom is -0.320 e. The van der Waals surface area contributed by atoms with Crippen LogP contribution < -0.4 is 5.84 Å². The summed E-state index contributed by atoms with van der Waals surface area (Å²) in [5.41, 5.74) is 1.07. The van der Waals surface area contributed by atoms with Crippen molar-refractivity contribution < 1.29 is 0 Å². The van der Waals surface area contributed by atoms with Crippen LogP contribution in [0, 0.1) is 0 Å². The minimum atomic E-state index is -0.0988. The van der Waals surface area contributed by atoms with E-state index in [0.717, 1.165) is 10.6 Å². The Morgan fingerprint density at radius 2 is 2.07 bits per heavy atom. The summed E-state index contributed by atoms with van der Waals surface area (Å²) < 4.78 is 0. The van der Waals surface area contributed by atoms with Crippen molar-refractivity contribution in [1.82, 2.24) is 25.1 Å². The summed E-state index contributed by atoms with van der Waals surface area (Å²) in [6.45, 7) is 6.12. The van der Waals surface area contributed by atoms with E-state index >= 15 is 0 Å². The number of aromatic nitrogens is 5. The quantitative estimate of drug-likeness (QED) is 0.604. The van der Waals surface area contributed by atoms with Gasteiger partial charge in [-0.2, -0.15) is 0 Å². The van der Waals surface area contributed by atoms with Gasteiger partial charge in [-0.15, -0.1) is 9.89 Å². The third-order valence-electron chi connectivity index (χ3n) is 1.89. The van der Waals surface area contributed by atoms with Crippen molar-refractivity contribution >= 4 is 11.2 Å². The molecule has 74 valence electrons. The highest BCUT2D eigenvalue weighted by Crippen LogP contribution is 2.18. The van der Waals surface area contributed by atoms with Crippen LogP contribution in [0.3, 0.4) is 0 Å². The number of hydrogen-bond donors (Lipinski definition) is 1. The molecule has 6 nitrogen and oxygen atoms in total. The predicted molar refractivity (Wildman–Crippen MR) is 52.0 cm³/mol. The maximum Gasteiger partial charge on any atom is 0.204 e. The average Bonchev–Trinajstić information content (AvgIpc) is 2.46. The first kappa shape index (κ1) is 8.86. The molecule has 0 unspecified atom stereocenters. The van der Waals surface area contributed by atoms with Gasteiger partial charge in [-0.1, -0.05) is 20.8 Å². The maximum atomic E-state index is 5.54. The first-order chi connectivity index (χ1) is 6.48. The summed E-state index contributed by atoms with van der Waals surface area (Å²) in [7, 11) is 0. The van der Waals surface area contributed by atoms with Crippen molar-refractivity contribution in [3.05, 3.63) is 12.0 Å². The molecule has 0 fully saturated rings. The number of rotatable bonds is 0. The number of fused-ring (bicyclic) bond motifs is 1. The molecular formula is C8H12N6. The third-order valence-corrected chi connectivity index (χ3v) is 1.89. The van der Waals surface area contributed by atoms with E-state index in [0.29, 0.717) is 11.2 Å². The summed E-state index contributed by atoms with van der Waals surface area (Å²) in [4.78, 5) is 9.68. The van der Waals surface area contributed by atoms with Crippen LogP contribution in [0.15, 0.2) is 6.20 Å². The van der Waals surface area contributed by atoms with Crippen LogP contribution in [0.25, 0.3) is 11.2 Å². The molecule has 0 amide bonds. The summed E-state index contributed by atoms with van der Waals surface area (Å²) in [6, 6.07) is 0. The third kappa shape index (κ3) is 1.28. The Bertz CT molecular complexity index is 466. The van der Waals surface area contributed by atoms with Crippen molar-refractivity contribution in [2.45, 2.75) is 26.2 Å². The van der Waals surface area contributed by atoms with Gasteiger partial charge in [0, 0.05) is 5.41 Å². The molecule has 0 aromatic carbocycles. The first-order valence-electron chi connectivity index (χ1n) is 4.32. The Balaban J connectivity index is 2.66. The van der Waals surface area contributed by atoms with Crippen LogP contribution in [0.4, 0.5) is 0 Å². The Hall–Kier alpha value is -1.72. The Labute approximate surface area is 81.1 Å². The van der Waals surface area contributed by atoms with E-state index in [4.69, 9.17) is 5.84 Å². The number of nitrogens with zero attached hydrogens (tertiary/aromatic N) is 5. The molecule has 2 heterocycles. The summed E-state index contributed by atoms with van der Waals surface area (Å²) in [5, 5.41) is 7.47. The van der Waals surface area contributed by atoms with Gasteiger partial charge in [0.25, 0.3) is 0 Å². The molecule has 2 aromatic rings. The van der Waals surface area contributed by atoms with Crippen molar-refractivity contribution in [2.75, 3.05) is 5.84 Å². The monoisotopic (exact) mass is 192 g/mol. The zero-order valence-corrected chi connectivity index (χ0v) is 8.39. The molecule has 14 heavy (non-hydrogen) atoms. The smallest absolute Gasteiger partial charge is 0.204 e. The molecule has 0 radical (unpaired) electrons. The van der Waals surface area contributed by atoms with E-state index in [-0.39, 0.29) is 5.41 Å². The van der Waals surface area contributed by atoms with Crippen LogP contribution in [0.1, 0.15) is 26.6 Å². The molecule has 0 saturated heterocycles. The molecule has 0 saturated carbocycles. The largest absolute Gasteiger partial charge is 0.320 e. The van der Waals surface area contributed by atoms with Gasteiger partial charge in [-0.05, 0) is 5.21 Å². The van der Waals surface area contributed by atoms with Crippen molar-refractivity contribution in [3.8, 4) is 0 Å². The lowest BCUT2D eigenvalue weighted by molar-refractivity contribution is 0.547. The van der Waals surface area contributed by atoms with Crippen LogP contribution in [0.2, 0.25) is 0 Å². The van der Waals surface area contributed by atoms with Crippen LogP contribution in [0.5, 0.6) is 0 Å². The molecule has 0 aliphatic rings. The first-order valence-corrected chi connectivity index (χ1v) is 4.32. The maximum absolute atomic E-state index is 5.54. The Kier molecular flexibility index (Phi) is 1.67. The average molecular weight is 192 g/mol. The van der Waals surface area contributed by atoms with Crippen LogP contribution in [-0.4, -0.2) is 25.1 Å². The van der Waals surface area contributed by atoms with E-state index < -0.39 is 0 Å². The van der Waals surface area contributed by atoms with Crippen molar-refractivity contribution in [1.29, 1.82) is 0 Å². The van der Waals surface area contributed by atoms with Crippen molar-refractivity contribution in [3.63, 3.8) is 0 Å². The van der Waals surface area contributed by atoms with Gasteiger partial charge in [-0.25, -0.2) is 9.97 Å². The lowest BCUT2D eigenvalue weighted by Gasteiger charge is -2.15. The summed E-state index contributed by atoms with van der Waals surface area (Å²) in [5.74, 6) is 6.28. The topological polar surface area (TPSA) is 82.5 Å². The van der Waals surface area contributed by atoms with Gasteiger partial charge in [-0.3, -0.25) is 0 Å². The van der Waals surface area contributed by atoms with Gasteiger partial charge in [0.2, 0.25) is 5.65 Å². The SMILES string of the molecule is CC(C)(C)c1ncc2nnn(N)c2n1. The normalized spacial score (nSPS) is 12.2. The molecule has 2 N–H and O–H groups in total. The fourth-order valence-corrected chi connectivity index (χ4v) is 1.11. The molecule has 0 aliphatic carbocycles. The zero-order valence-electron chi connectivity index (χ0n) is 8.39. The lowest BCUT2D eigenvalue weighted by Crippen LogP contribution is -2.17. The van der Waals surface area contributed by atoms with Crippen LogP contribution >= 0.6 is 0 Å². The lowest BCUT2D eigenvalue weighted by atomic mass is 9.96. The summed E-state index contributed by atoms with van der Waals surface area (Å²) in [6.07, 6.45) is 1.64. The zero-order chi connectivity index (χ0) is 10.3. The Morgan fingerprint density at radius 3 is 2.71 bits per heavy atom. The van der Waals surface area contributed by atoms with Gasteiger partial charge >= 0.3 is 0 Å². The molecule has 0 bridgehead atoms. The van der Waals surface area contributed by atoms with E-state index in [1.807, 2.05) is 20.8 Å². The van der Waals surface area contributed by atoms with E-state index in [1.54, 1.807) is 6.20 Å². The van der Waals surface area contributed by atoms with E-state index in [2.05, 4.69) is 20.3 Å². The van der Waals surface area contributed by atoms with E-state index in [9.17, 15) is 0 Å². The van der Waals surface area contributed by atoms with Crippen LogP contribution in [-0.2, 0) is 5.41 Å². The molecule has 0 atom stereocenters. The molecular weight excluding hydrogens is 180 g/mol. The highest BCUT2D eigenvalue weighted by molar-refractivity contribution is 5.68. The highest BCUT2D eigenvalue weighted by atomic mass is 15.6. The predicted octanol–water partition coefficient (Wildman–Crippen LogP) is 0.233. The van der Waals surface area contributed by atoms with Gasteiger partial charge in [0.05, 0.1) is 6.20 Å². The molecule has 6 heteroatoms. The van der Waals surface area contributed by atoms with Gasteiger partial charge in [0.1, 0.15) is 5.82 Å². The second kappa shape index (κ2) is 2.63. The number of nitrogens with two attached hydrogens (primary N) is 1. The molecule has 2 rings (SSSR count). The van der Waals surface area contributed by atoms with Gasteiger partial charge < -0.3 is 5.84 Å². The number of hydrogen-bond acceptors (Lipinski definition) is 5. The Morgan fingerprint density at radius 1 is 1.36 bits per heavy atom.